The van der Waals surface area contributed by atoms with Crippen molar-refractivity contribution in [3.8, 4) is 0 Å². The molecule has 0 aromatic rings. The zero-order valence-corrected chi connectivity index (χ0v) is 9.57. The van der Waals surface area contributed by atoms with E-state index in [1.807, 2.05) is 0 Å². The van der Waals surface area contributed by atoms with Gasteiger partial charge in [0.15, 0.2) is 0 Å². The van der Waals surface area contributed by atoms with Crippen molar-refractivity contribution in [1.82, 2.24) is 0 Å². The predicted molar refractivity (Wildman–Crippen MR) is 52.1 cm³/mol. The van der Waals surface area contributed by atoms with Crippen molar-refractivity contribution in [1.29, 1.82) is 0 Å². The standard InChI is InChI=1S/C4H12O5P2.CH5N/c1-2-3-4(10(5)6)11(7,8)9;1-2/h4,10H,2-3H2,1H3,(H,5,6)(H2,7,8,9);2H2,1H3. The molecule has 5 N–H and O–H groups in total. The second-order valence-corrected chi connectivity index (χ2v) is 5.89. The van der Waals surface area contributed by atoms with Crippen molar-refractivity contribution in [2.45, 2.75) is 25.2 Å². The molecule has 0 aromatic heterocycles. The van der Waals surface area contributed by atoms with Crippen LogP contribution in [-0.4, -0.2) is 27.1 Å². The van der Waals surface area contributed by atoms with Crippen molar-refractivity contribution in [2.75, 3.05) is 7.05 Å². The maximum absolute atomic E-state index is 10.5. The van der Waals surface area contributed by atoms with Crippen molar-refractivity contribution < 1.29 is 23.8 Å². The largest absolute Gasteiger partial charge is 0.346 e. The highest BCUT2D eigenvalue weighted by atomic mass is 31.2. The number of hydrogen-bond acceptors (Lipinski definition) is 3. The van der Waals surface area contributed by atoms with E-state index in [-0.39, 0.29) is 6.42 Å². The third kappa shape index (κ3) is 7.38. The molecule has 13 heavy (non-hydrogen) atoms. The Hall–Kier alpha value is 0.300. The quantitative estimate of drug-likeness (QED) is 0.519. The topological polar surface area (TPSA) is 121 Å². The van der Waals surface area contributed by atoms with Crippen LogP contribution in [0, 0.1) is 0 Å². The molecule has 0 amide bonds. The van der Waals surface area contributed by atoms with E-state index in [9.17, 15) is 9.13 Å². The minimum Gasteiger partial charge on any atom is -0.346 e. The molecule has 0 aromatic carbocycles. The van der Waals surface area contributed by atoms with Crippen LogP contribution in [-0.2, 0) is 9.13 Å². The maximum atomic E-state index is 10.5. The lowest BCUT2D eigenvalue weighted by Gasteiger charge is -2.13. The fourth-order valence-corrected chi connectivity index (χ4v) is 2.99. The minimum atomic E-state index is -4.37. The van der Waals surface area contributed by atoms with Crippen molar-refractivity contribution in [3.63, 3.8) is 0 Å². The fraction of sp³-hybridized carbons (Fsp3) is 1.00. The molecule has 6 nitrogen and oxygen atoms in total. The molecule has 0 saturated carbocycles. The summed E-state index contributed by atoms with van der Waals surface area (Å²) in [7, 11) is -5.97. The molecule has 0 heterocycles. The maximum Gasteiger partial charge on any atom is 0.337 e. The highest BCUT2D eigenvalue weighted by Crippen LogP contribution is 2.53. The summed E-state index contributed by atoms with van der Waals surface area (Å²) in [4.78, 5) is 25.6. The summed E-state index contributed by atoms with van der Waals surface area (Å²) >= 11 is 0. The van der Waals surface area contributed by atoms with Crippen molar-refractivity contribution in [2.24, 2.45) is 5.73 Å². The third-order valence-electron chi connectivity index (χ3n) is 1.25. The Morgan fingerprint density at radius 1 is 1.46 bits per heavy atom. The Morgan fingerprint density at radius 3 is 1.92 bits per heavy atom. The smallest absolute Gasteiger partial charge is 0.337 e. The molecule has 2 atom stereocenters. The fourth-order valence-electron chi connectivity index (χ4n) is 0.709. The van der Waals surface area contributed by atoms with Gasteiger partial charge in [0, 0.05) is 0 Å². The molecule has 0 spiro atoms. The van der Waals surface area contributed by atoms with Gasteiger partial charge in [0.2, 0.25) is 8.03 Å². The molecule has 0 aliphatic heterocycles. The first kappa shape index (κ1) is 15.8. The molecule has 0 fully saturated rings. The minimum absolute atomic E-state index is 0.0958. The molecule has 0 rings (SSSR count). The van der Waals surface area contributed by atoms with E-state index >= 15 is 0 Å². The van der Waals surface area contributed by atoms with Gasteiger partial charge in [-0.15, -0.1) is 0 Å². The average molecular weight is 233 g/mol. The Balaban J connectivity index is 0. The van der Waals surface area contributed by atoms with Crippen LogP contribution in [0.5, 0.6) is 0 Å². The van der Waals surface area contributed by atoms with Gasteiger partial charge in [-0.3, -0.25) is 9.13 Å². The molecule has 0 saturated heterocycles. The molecule has 0 radical (unpaired) electrons. The summed E-state index contributed by atoms with van der Waals surface area (Å²) in [6.07, 6.45) is 0.589. The van der Waals surface area contributed by atoms with Gasteiger partial charge in [0.05, 0.1) is 0 Å². The number of hydrogen-bond donors (Lipinski definition) is 4. The molecule has 82 valence electrons. The van der Waals surface area contributed by atoms with Crippen LogP contribution in [0.4, 0.5) is 0 Å². The number of rotatable bonds is 4. The van der Waals surface area contributed by atoms with Crippen LogP contribution >= 0.6 is 15.6 Å². The van der Waals surface area contributed by atoms with Crippen molar-refractivity contribution in [3.05, 3.63) is 0 Å². The van der Waals surface area contributed by atoms with E-state index < -0.39 is 21.0 Å². The molecule has 2 unspecified atom stereocenters. The lowest BCUT2D eigenvalue weighted by molar-refractivity contribution is 0.362. The van der Waals surface area contributed by atoms with E-state index in [0.717, 1.165) is 0 Å². The van der Waals surface area contributed by atoms with E-state index in [2.05, 4.69) is 5.73 Å². The SMILES string of the molecule is CCCC([PH](=O)O)P(=O)(O)O.CN. The van der Waals surface area contributed by atoms with Crippen molar-refractivity contribution >= 4 is 15.6 Å². The molecule has 0 bridgehead atoms. The van der Waals surface area contributed by atoms with Gasteiger partial charge in [0.1, 0.15) is 5.40 Å². The Bertz CT molecular complexity index is 191. The average Bonchev–Trinajstić information content (AvgIpc) is 2.01. The van der Waals surface area contributed by atoms with E-state index in [4.69, 9.17) is 14.7 Å². The molecule has 0 aliphatic rings. The summed E-state index contributed by atoms with van der Waals surface area (Å²) < 4.78 is 21.0. The van der Waals surface area contributed by atoms with Crippen LogP contribution in [0.1, 0.15) is 19.8 Å². The highest BCUT2D eigenvalue weighted by Gasteiger charge is 2.32. The van der Waals surface area contributed by atoms with Gasteiger partial charge in [0.25, 0.3) is 0 Å². The van der Waals surface area contributed by atoms with Gasteiger partial charge >= 0.3 is 7.60 Å². The predicted octanol–water partition coefficient (Wildman–Crippen LogP) is 0.332. The van der Waals surface area contributed by atoms with Gasteiger partial charge in [-0.05, 0) is 13.5 Å². The molecular weight excluding hydrogens is 216 g/mol. The van der Waals surface area contributed by atoms with Crippen LogP contribution in [0.2, 0.25) is 0 Å². The van der Waals surface area contributed by atoms with E-state index in [1.54, 1.807) is 6.92 Å². The lowest BCUT2D eigenvalue weighted by Crippen LogP contribution is -2.02. The van der Waals surface area contributed by atoms with Gasteiger partial charge < -0.3 is 20.4 Å². The van der Waals surface area contributed by atoms with Crippen LogP contribution < -0.4 is 5.73 Å². The molecular formula is C5H17NO5P2. The van der Waals surface area contributed by atoms with Crippen LogP contribution in [0.15, 0.2) is 0 Å². The Morgan fingerprint density at radius 2 is 1.85 bits per heavy atom. The lowest BCUT2D eigenvalue weighted by atomic mass is 10.4. The first-order valence-corrected chi connectivity index (χ1v) is 6.86. The summed E-state index contributed by atoms with van der Waals surface area (Å²) in [5, 5.41) is -1.35. The zero-order chi connectivity index (χ0) is 11.1. The normalized spacial score (nSPS) is 15.5. The third-order valence-corrected chi connectivity index (χ3v) is 4.85. The Labute approximate surface area is 78.2 Å². The van der Waals surface area contributed by atoms with Gasteiger partial charge in [-0.25, -0.2) is 0 Å². The Kier molecular flexibility index (Phi) is 9.31. The summed E-state index contributed by atoms with van der Waals surface area (Å²) in [5.74, 6) is 0. The van der Waals surface area contributed by atoms with E-state index in [0.29, 0.717) is 6.42 Å². The summed E-state index contributed by atoms with van der Waals surface area (Å²) in [6.45, 7) is 1.70. The van der Waals surface area contributed by atoms with Crippen LogP contribution in [0.25, 0.3) is 0 Å². The summed E-state index contributed by atoms with van der Waals surface area (Å²) in [5.41, 5.74) is 4.50. The second-order valence-electron chi connectivity index (χ2n) is 2.23. The number of nitrogens with two attached hydrogens (primary N) is 1. The molecule has 8 heteroatoms. The van der Waals surface area contributed by atoms with E-state index in [1.165, 1.54) is 7.05 Å². The summed E-state index contributed by atoms with van der Waals surface area (Å²) in [6, 6.07) is 0. The monoisotopic (exact) mass is 233 g/mol. The highest BCUT2D eigenvalue weighted by molar-refractivity contribution is 7.65. The van der Waals surface area contributed by atoms with Gasteiger partial charge in [-0.2, -0.15) is 0 Å². The first-order chi connectivity index (χ1) is 5.89. The second kappa shape index (κ2) is 7.68. The van der Waals surface area contributed by atoms with Crippen LogP contribution in [0.3, 0.4) is 0 Å². The van der Waals surface area contributed by atoms with Gasteiger partial charge in [-0.1, -0.05) is 13.3 Å². The zero-order valence-electron chi connectivity index (χ0n) is 7.67. The molecule has 0 aliphatic carbocycles. The first-order valence-electron chi connectivity index (χ1n) is 3.75.